The molecule has 1 saturated carbocycles. The minimum atomic E-state index is -0.455. The Morgan fingerprint density at radius 3 is 2.45 bits per heavy atom. The molecule has 1 heterocycles. The lowest BCUT2D eigenvalue weighted by Crippen LogP contribution is -2.32. The number of benzene rings is 2. The molecule has 0 unspecified atom stereocenters. The summed E-state index contributed by atoms with van der Waals surface area (Å²) in [4.78, 5) is 40.5. The number of Topliss-reactive ketones (excluding diaryl/α,β-unsaturated/α-hetero) is 1. The smallest absolute Gasteiger partial charge is 0.407 e. The predicted molar refractivity (Wildman–Crippen MR) is 124 cm³/mol. The molecule has 33 heavy (non-hydrogen) atoms. The van der Waals surface area contributed by atoms with E-state index in [1.165, 1.54) is 7.11 Å². The van der Waals surface area contributed by atoms with Gasteiger partial charge in [-0.15, -0.1) is 0 Å². The fourth-order valence-electron chi connectivity index (χ4n) is 4.51. The lowest BCUT2D eigenvalue weighted by molar-refractivity contribution is 0.0603. The normalized spacial score (nSPS) is 18.0. The van der Waals surface area contributed by atoms with Gasteiger partial charge in [0.15, 0.2) is 5.78 Å². The van der Waals surface area contributed by atoms with Gasteiger partial charge in [-0.05, 0) is 49.3 Å². The zero-order chi connectivity index (χ0) is 23.2. The molecule has 2 aromatic carbocycles. The van der Waals surface area contributed by atoms with Crippen molar-refractivity contribution in [3.63, 3.8) is 0 Å². The predicted octanol–water partition coefficient (Wildman–Crippen LogP) is 4.87. The molecule has 1 aliphatic carbocycles. The monoisotopic (exact) mass is 448 g/mol. The van der Waals surface area contributed by atoms with Crippen molar-refractivity contribution in [2.24, 2.45) is 11.8 Å². The number of rotatable bonds is 7. The molecular formula is C26H28N2O5. The number of methoxy groups -OCH3 is 1. The molecule has 2 N–H and O–H groups in total. The highest BCUT2D eigenvalue weighted by molar-refractivity contribution is 6.15. The van der Waals surface area contributed by atoms with Crippen LogP contribution in [0.4, 0.5) is 4.79 Å². The van der Waals surface area contributed by atoms with E-state index in [1.807, 2.05) is 36.4 Å². The summed E-state index contributed by atoms with van der Waals surface area (Å²) in [5.41, 5.74) is 2.62. The molecule has 0 bridgehead atoms. The standard InChI is InChI=1S/C26H28N2O5/c1-32-25(30)20-8-5-9-22-23(20)21(15-27-22)24(29)19-12-10-17(11-13-19)14-28-26(31)33-16-18-6-3-2-4-7-18/h2-9,15,17,19,27H,10-14,16H2,1H3,(H,28,31). The van der Waals surface area contributed by atoms with Crippen molar-refractivity contribution in [1.29, 1.82) is 0 Å². The molecule has 7 nitrogen and oxygen atoms in total. The molecule has 0 radical (unpaired) electrons. The molecule has 0 saturated heterocycles. The summed E-state index contributed by atoms with van der Waals surface area (Å²) in [6, 6.07) is 14.8. The van der Waals surface area contributed by atoms with Crippen molar-refractivity contribution >= 4 is 28.7 Å². The van der Waals surface area contributed by atoms with E-state index in [1.54, 1.807) is 18.3 Å². The van der Waals surface area contributed by atoms with Crippen LogP contribution in [0.5, 0.6) is 0 Å². The number of nitrogens with one attached hydrogen (secondary N) is 2. The number of fused-ring (bicyclic) bond motifs is 1. The number of carbonyl (C=O) groups is 3. The molecule has 0 atom stereocenters. The Morgan fingerprint density at radius 1 is 0.970 bits per heavy atom. The summed E-state index contributed by atoms with van der Waals surface area (Å²) >= 11 is 0. The Morgan fingerprint density at radius 2 is 1.73 bits per heavy atom. The van der Waals surface area contributed by atoms with E-state index in [0.29, 0.717) is 29.0 Å². The number of aromatic amines is 1. The molecule has 172 valence electrons. The van der Waals surface area contributed by atoms with Crippen LogP contribution in [-0.2, 0) is 16.1 Å². The van der Waals surface area contributed by atoms with Crippen LogP contribution in [0.25, 0.3) is 10.9 Å². The quantitative estimate of drug-likeness (QED) is 0.397. The van der Waals surface area contributed by atoms with Gasteiger partial charge in [-0.25, -0.2) is 9.59 Å². The van der Waals surface area contributed by atoms with Crippen molar-refractivity contribution in [1.82, 2.24) is 10.3 Å². The van der Waals surface area contributed by atoms with Crippen LogP contribution in [0.2, 0.25) is 0 Å². The largest absolute Gasteiger partial charge is 0.465 e. The first-order valence-corrected chi connectivity index (χ1v) is 11.2. The number of esters is 1. The second-order valence-electron chi connectivity index (χ2n) is 8.45. The highest BCUT2D eigenvalue weighted by Gasteiger charge is 2.29. The van der Waals surface area contributed by atoms with Crippen molar-refractivity contribution < 1.29 is 23.9 Å². The van der Waals surface area contributed by atoms with Crippen LogP contribution in [0, 0.1) is 11.8 Å². The number of hydrogen-bond donors (Lipinski definition) is 2. The van der Waals surface area contributed by atoms with E-state index < -0.39 is 12.1 Å². The summed E-state index contributed by atoms with van der Waals surface area (Å²) in [6.45, 7) is 0.778. The van der Waals surface area contributed by atoms with E-state index >= 15 is 0 Å². The van der Waals surface area contributed by atoms with Crippen molar-refractivity contribution in [2.75, 3.05) is 13.7 Å². The van der Waals surface area contributed by atoms with Gasteiger partial charge in [0.2, 0.25) is 0 Å². The Hall–Kier alpha value is -3.61. The number of hydrogen-bond acceptors (Lipinski definition) is 5. The van der Waals surface area contributed by atoms with Gasteiger partial charge < -0.3 is 19.8 Å². The van der Waals surface area contributed by atoms with Crippen molar-refractivity contribution in [2.45, 2.75) is 32.3 Å². The van der Waals surface area contributed by atoms with Crippen LogP contribution in [0.3, 0.4) is 0 Å². The SMILES string of the molecule is COC(=O)c1cccc2[nH]cc(C(=O)C3CCC(CNC(=O)OCc4ccccc4)CC3)c12. The minimum absolute atomic E-state index is 0.0475. The highest BCUT2D eigenvalue weighted by atomic mass is 16.5. The molecule has 1 aliphatic rings. The first-order chi connectivity index (χ1) is 16.1. The Balaban J connectivity index is 1.30. The number of amides is 1. The second kappa shape index (κ2) is 10.3. The van der Waals surface area contributed by atoms with Gasteiger partial charge in [0.1, 0.15) is 6.61 Å². The number of ether oxygens (including phenoxy) is 2. The Kier molecular flexibility index (Phi) is 7.07. The number of ketones is 1. The van der Waals surface area contributed by atoms with Crippen LogP contribution in [-0.4, -0.2) is 36.5 Å². The maximum atomic E-state index is 13.3. The van der Waals surface area contributed by atoms with Gasteiger partial charge >= 0.3 is 12.1 Å². The van der Waals surface area contributed by atoms with Crippen molar-refractivity contribution in [3.05, 3.63) is 71.4 Å². The van der Waals surface area contributed by atoms with Crippen LogP contribution >= 0.6 is 0 Å². The van der Waals surface area contributed by atoms with Gasteiger partial charge in [-0.3, -0.25) is 4.79 Å². The summed E-state index contributed by atoms with van der Waals surface area (Å²) in [5, 5.41) is 3.47. The minimum Gasteiger partial charge on any atom is -0.465 e. The van der Waals surface area contributed by atoms with Crippen molar-refractivity contribution in [3.8, 4) is 0 Å². The van der Waals surface area contributed by atoms with Gasteiger partial charge in [0, 0.05) is 35.1 Å². The maximum absolute atomic E-state index is 13.3. The van der Waals surface area contributed by atoms with Gasteiger partial charge in [-0.2, -0.15) is 0 Å². The molecule has 7 heteroatoms. The van der Waals surface area contributed by atoms with Gasteiger partial charge in [0.05, 0.1) is 12.7 Å². The van der Waals surface area contributed by atoms with Gasteiger partial charge in [0.25, 0.3) is 0 Å². The average molecular weight is 449 g/mol. The molecule has 1 amide bonds. The molecule has 0 aliphatic heterocycles. The second-order valence-corrected chi connectivity index (χ2v) is 8.45. The third-order valence-corrected chi connectivity index (χ3v) is 6.34. The number of H-pyrrole nitrogens is 1. The third kappa shape index (κ3) is 5.25. The Labute approximate surface area is 192 Å². The number of alkyl carbamates (subject to hydrolysis) is 1. The average Bonchev–Trinajstić information content (AvgIpc) is 3.30. The summed E-state index contributed by atoms with van der Waals surface area (Å²) < 4.78 is 10.2. The van der Waals surface area contributed by atoms with Crippen LogP contribution < -0.4 is 5.32 Å². The lowest BCUT2D eigenvalue weighted by atomic mass is 9.78. The maximum Gasteiger partial charge on any atom is 0.407 e. The van der Waals surface area contributed by atoms with E-state index in [0.717, 1.165) is 36.8 Å². The van der Waals surface area contributed by atoms with E-state index in [4.69, 9.17) is 9.47 Å². The summed E-state index contributed by atoms with van der Waals surface area (Å²) in [6.07, 6.45) is 4.46. The fourth-order valence-corrected chi connectivity index (χ4v) is 4.51. The third-order valence-electron chi connectivity index (χ3n) is 6.34. The number of carbonyl (C=O) groups excluding carboxylic acids is 3. The molecule has 1 fully saturated rings. The van der Waals surface area contributed by atoms with E-state index in [-0.39, 0.29) is 18.3 Å². The molecule has 3 aromatic rings. The molecular weight excluding hydrogens is 420 g/mol. The van der Waals surface area contributed by atoms with E-state index in [9.17, 15) is 14.4 Å². The summed E-state index contributed by atoms with van der Waals surface area (Å²) in [7, 11) is 1.34. The highest BCUT2D eigenvalue weighted by Crippen LogP contribution is 2.33. The Bertz CT molecular complexity index is 1130. The zero-order valence-electron chi connectivity index (χ0n) is 18.6. The zero-order valence-corrected chi connectivity index (χ0v) is 18.6. The number of aromatic nitrogens is 1. The van der Waals surface area contributed by atoms with Crippen LogP contribution in [0.15, 0.2) is 54.7 Å². The lowest BCUT2D eigenvalue weighted by Gasteiger charge is -2.27. The summed E-state index contributed by atoms with van der Waals surface area (Å²) in [5.74, 6) is -0.197. The first kappa shape index (κ1) is 22.6. The topological polar surface area (TPSA) is 97.5 Å². The first-order valence-electron chi connectivity index (χ1n) is 11.2. The van der Waals surface area contributed by atoms with E-state index in [2.05, 4.69) is 10.3 Å². The fraction of sp³-hybridized carbons (Fsp3) is 0.346. The van der Waals surface area contributed by atoms with Gasteiger partial charge in [-0.1, -0.05) is 36.4 Å². The molecule has 4 rings (SSSR count). The molecule has 1 aromatic heterocycles. The van der Waals surface area contributed by atoms with Crippen LogP contribution in [0.1, 0.15) is 52.0 Å². The molecule has 0 spiro atoms.